The summed E-state index contributed by atoms with van der Waals surface area (Å²) in [5.74, 6) is 1.18. The van der Waals surface area contributed by atoms with E-state index in [4.69, 9.17) is 10.7 Å². The molecule has 1 aromatic heterocycles. The molecule has 0 fully saturated rings. The molecular weight excluding hydrogens is 444 g/mol. The summed E-state index contributed by atoms with van der Waals surface area (Å²) < 4.78 is 2.36. The van der Waals surface area contributed by atoms with Crippen LogP contribution in [-0.4, -0.2) is 33.4 Å². The van der Waals surface area contributed by atoms with Crippen LogP contribution in [0.15, 0.2) is 66.3 Å². The zero-order valence-electron chi connectivity index (χ0n) is 22.2. The van der Waals surface area contributed by atoms with Gasteiger partial charge in [-0.15, -0.1) is 0 Å². The van der Waals surface area contributed by atoms with Crippen LogP contribution >= 0.6 is 0 Å². The Morgan fingerprint density at radius 2 is 1.94 bits per heavy atom. The number of imidazole rings is 1. The summed E-state index contributed by atoms with van der Waals surface area (Å²) in [6, 6.07) is 14.2. The molecule has 0 saturated carbocycles. The Hall–Kier alpha value is -3.18. The molecule has 2 aromatic carbocycles. The molecule has 0 spiro atoms. The lowest BCUT2D eigenvalue weighted by atomic mass is 9.99. The number of aromatic nitrogens is 2. The fourth-order valence-corrected chi connectivity index (χ4v) is 5.18. The number of carbonyl (C=O) groups is 1. The highest BCUT2D eigenvalue weighted by molar-refractivity contribution is 5.94. The van der Waals surface area contributed by atoms with Crippen molar-refractivity contribution in [2.24, 2.45) is 11.7 Å². The fraction of sp³-hybridized carbons (Fsp3) is 0.419. The van der Waals surface area contributed by atoms with Crippen molar-refractivity contribution < 1.29 is 4.79 Å². The van der Waals surface area contributed by atoms with E-state index in [0.717, 1.165) is 54.6 Å². The Balaban J connectivity index is 1.87. The smallest absolute Gasteiger partial charge is 0.254 e. The number of carbonyl (C=O) groups excluding carboxylic acids is 1. The highest BCUT2D eigenvalue weighted by atomic mass is 16.2. The van der Waals surface area contributed by atoms with Crippen molar-refractivity contribution in [3.63, 3.8) is 0 Å². The third kappa shape index (κ3) is 5.46. The van der Waals surface area contributed by atoms with Crippen molar-refractivity contribution in [2.45, 2.75) is 66.0 Å². The summed E-state index contributed by atoms with van der Waals surface area (Å²) in [4.78, 5) is 21.2. The minimum atomic E-state index is -0.165. The van der Waals surface area contributed by atoms with E-state index in [2.05, 4.69) is 61.8 Å². The van der Waals surface area contributed by atoms with E-state index in [9.17, 15) is 4.79 Å². The predicted octanol–water partition coefficient (Wildman–Crippen LogP) is 6.37. The molecule has 0 aliphatic heterocycles. The molecule has 1 aliphatic rings. The van der Waals surface area contributed by atoms with Gasteiger partial charge in [-0.1, -0.05) is 74.4 Å². The molecule has 2 N–H and O–H groups in total. The molecule has 190 valence electrons. The van der Waals surface area contributed by atoms with Gasteiger partial charge in [-0.3, -0.25) is 4.79 Å². The number of nitrogens with two attached hydrogens (primary N) is 1. The number of rotatable bonds is 10. The summed E-state index contributed by atoms with van der Waals surface area (Å²) in [5.41, 5.74) is 12.6. The molecule has 4 rings (SSSR count). The first-order valence-electron chi connectivity index (χ1n) is 13.3. The zero-order valence-corrected chi connectivity index (χ0v) is 22.2. The topological polar surface area (TPSA) is 64.2 Å². The Morgan fingerprint density at radius 3 is 2.58 bits per heavy atom. The van der Waals surface area contributed by atoms with Gasteiger partial charge in [-0.05, 0) is 68.8 Å². The van der Waals surface area contributed by atoms with Gasteiger partial charge in [-0.2, -0.15) is 0 Å². The van der Waals surface area contributed by atoms with Gasteiger partial charge in [-0.25, -0.2) is 4.98 Å². The van der Waals surface area contributed by atoms with Gasteiger partial charge in [0.2, 0.25) is 0 Å². The lowest BCUT2D eigenvalue weighted by Gasteiger charge is -2.35. The monoisotopic (exact) mass is 484 g/mol. The van der Waals surface area contributed by atoms with Crippen LogP contribution < -0.4 is 5.73 Å². The van der Waals surface area contributed by atoms with E-state index >= 15 is 0 Å². The highest BCUT2D eigenvalue weighted by Gasteiger charge is 2.33. The van der Waals surface area contributed by atoms with E-state index < -0.39 is 0 Å². The van der Waals surface area contributed by atoms with Crippen molar-refractivity contribution in [1.29, 1.82) is 0 Å². The lowest BCUT2D eigenvalue weighted by Crippen LogP contribution is -2.40. The first-order chi connectivity index (χ1) is 17.4. The predicted molar refractivity (Wildman–Crippen MR) is 149 cm³/mol. The van der Waals surface area contributed by atoms with E-state index in [1.165, 1.54) is 11.1 Å². The number of benzene rings is 2. The molecule has 0 saturated heterocycles. The average molecular weight is 485 g/mol. The number of hydrogen-bond donors (Lipinski definition) is 1. The van der Waals surface area contributed by atoms with Gasteiger partial charge in [0.25, 0.3) is 5.91 Å². The second-order valence-corrected chi connectivity index (χ2v) is 10.2. The summed E-state index contributed by atoms with van der Waals surface area (Å²) in [7, 11) is 0. The molecule has 1 aliphatic carbocycles. The maximum atomic E-state index is 13.9. The van der Waals surface area contributed by atoms with Crippen LogP contribution in [0.4, 0.5) is 0 Å². The quantitative estimate of drug-likeness (QED) is 0.363. The van der Waals surface area contributed by atoms with Crippen molar-refractivity contribution in [2.75, 3.05) is 13.1 Å². The molecule has 5 nitrogen and oxygen atoms in total. The second-order valence-electron chi connectivity index (χ2n) is 10.2. The minimum Gasteiger partial charge on any atom is -0.330 e. The summed E-state index contributed by atoms with van der Waals surface area (Å²) in [6.07, 6.45) is 10.4. The van der Waals surface area contributed by atoms with E-state index in [0.29, 0.717) is 18.7 Å². The standard InChI is InChI=1S/C31H40N4O/c1-5-25-13-9-14-27-28(25)33-30(35(27)21-24-11-7-6-8-12-24)29(22(2)3)34(20-10-19-32)31(36)26-17-15-23(4)16-18-26/h6-7,9,11,13-18,22,29H,5,8,10,12,19-21,32H2,1-4H3/t29-/m1/s1. The molecular formula is C31H40N4O. The average Bonchev–Trinajstić information content (AvgIpc) is 3.24. The van der Waals surface area contributed by atoms with E-state index in [1.54, 1.807) is 0 Å². The van der Waals surface area contributed by atoms with Crippen molar-refractivity contribution in [3.05, 3.63) is 88.8 Å². The van der Waals surface area contributed by atoms with Crippen molar-refractivity contribution in [1.82, 2.24) is 14.5 Å². The number of aryl methyl sites for hydroxylation is 2. The largest absolute Gasteiger partial charge is 0.330 e. The third-order valence-electron chi connectivity index (χ3n) is 7.13. The van der Waals surface area contributed by atoms with Gasteiger partial charge in [0.1, 0.15) is 5.82 Å². The van der Waals surface area contributed by atoms with E-state index in [-0.39, 0.29) is 17.9 Å². The van der Waals surface area contributed by atoms with Crippen LogP contribution in [0.5, 0.6) is 0 Å². The first-order valence-corrected chi connectivity index (χ1v) is 13.3. The Kier molecular flexibility index (Phi) is 8.42. The minimum absolute atomic E-state index is 0.0382. The maximum Gasteiger partial charge on any atom is 0.254 e. The molecule has 5 heteroatoms. The number of fused-ring (bicyclic) bond motifs is 1. The number of para-hydroxylation sites is 1. The van der Waals surface area contributed by atoms with Crippen LogP contribution in [0.2, 0.25) is 0 Å². The first kappa shape index (κ1) is 25.9. The van der Waals surface area contributed by atoms with Crippen LogP contribution in [0.3, 0.4) is 0 Å². The molecule has 36 heavy (non-hydrogen) atoms. The van der Waals surface area contributed by atoms with Gasteiger partial charge >= 0.3 is 0 Å². The molecule has 1 atom stereocenters. The van der Waals surface area contributed by atoms with Crippen molar-refractivity contribution >= 4 is 16.9 Å². The Morgan fingerprint density at radius 1 is 1.17 bits per heavy atom. The SMILES string of the molecule is CCc1cccc2c1nc([C@@H](C(C)C)N(CCCN)C(=O)c1ccc(C)cc1)n2CC1=CC=CCC1. The van der Waals surface area contributed by atoms with Gasteiger partial charge in [0.15, 0.2) is 0 Å². The van der Waals surface area contributed by atoms with Crippen molar-refractivity contribution in [3.8, 4) is 0 Å². The molecule has 0 unspecified atom stereocenters. The van der Waals surface area contributed by atoms with Crippen LogP contribution in [0, 0.1) is 12.8 Å². The lowest BCUT2D eigenvalue weighted by molar-refractivity contribution is 0.0605. The van der Waals surface area contributed by atoms with Crippen LogP contribution in [0.1, 0.15) is 73.4 Å². The normalized spacial score (nSPS) is 14.3. The number of hydrogen-bond acceptors (Lipinski definition) is 3. The van der Waals surface area contributed by atoms with Gasteiger partial charge in [0, 0.05) is 18.7 Å². The Bertz CT molecular complexity index is 1250. The summed E-state index contributed by atoms with van der Waals surface area (Å²) >= 11 is 0. The molecule has 1 amide bonds. The second kappa shape index (κ2) is 11.7. The van der Waals surface area contributed by atoms with E-state index in [1.807, 2.05) is 36.1 Å². The molecule has 1 heterocycles. The highest BCUT2D eigenvalue weighted by Crippen LogP contribution is 2.34. The van der Waals surface area contributed by atoms with Crippen LogP contribution in [-0.2, 0) is 13.0 Å². The summed E-state index contributed by atoms with van der Waals surface area (Å²) in [6.45, 7) is 10.5. The number of allylic oxidation sites excluding steroid dienone is 4. The fourth-order valence-electron chi connectivity index (χ4n) is 5.18. The van der Waals surface area contributed by atoms with Crippen LogP contribution in [0.25, 0.3) is 11.0 Å². The summed E-state index contributed by atoms with van der Waals surface area (Å²) in [5, 5.41) is 0. The molecule has 3 aromatic rings. The Labute approximate surface area is 215 Å². The third-order valence-corrected chi connectivity index (χ3v) is 7.13. The van der Waals surface area contributed by atoms with Gasteiger partial charge in [0.05, 0.1) is 17.1 Å². The molecule has 0 bridgehead atoms. The number of nitrogens with zero attached hydrogens (tertiary/aromatic N) is 3. The molecule has 0 radical (unpaired) electrons. The number of amides is 1. The zero-order chi connectivity index (χ0) is 25.7. The van der Waals surface area contributed by atoms with Gasteiger partial charge < -0.3 is 15.2 Å². The maximum absolute atomic E-state index is 13.9.